The van der Waals surface area contributed by atoms with Gasteiger partial charge in [-0.2, -0.15) is 0 Å². The smallest absolute Gasteiger partial charge is 0.178 e. The summed E-state index contributed by atoms with van der Waals surface area (Å²) in [5, 5.41) is 12.0. The molecule has 27 heavy (non-hydrogen) atoms. The summed E-state index contributed by atoms with van der Waals surface area (Å²) in [6.07, 6.45) is 1.97. The van der Waals surface area contributed by atoms with Crippen molar-refractivity contribution in [3.63, 3.8) is 0 Å². The van der Waals surface area contributed by atoms with E-state index in [0.29, 0.717) is 12.2 Å². The molecule has 0 saturated heterocycles. The molecule has 0 spiro atoms. The van der Waals surface area contributed by atoms with Crippen LogP contribution in [0.25, 0.3) is 0 Å². The van der Waals surface area contributed by atoms with Crippen LogP contribution in [0.15, 0.2) is 36.5 Å². The number of hydrogen-bond donors (Lipinski definition) is 1. The summed E-state index contributed by atoms with van der Waals surface area (Å²) in [7, 11) is 2.08. The highest BCUT2D eigenvalue weighted by atomic mass is 35.5. The standard InChI is InChI=1S/C20H26ClFN4O/c1-20(2,3)13-24(4)11-9-18-25(14-7-8-16(22)15(21)12-14)17-6-5-10-23-19(17)26(18)27/h5-8,10,12,18,27H,9,11,13H2,1-4H3. The van der Waals surface area contributed by atoms with E-state index in [9.17, 15) is 9.60 Å². The van der Waals surface area contributed by atoms with Crippen LogP contribution in [0, 0.1) is 11.2 Å². The predicted molar refractivity (Wildman–Crippen MR) is 107 cm³/mol. The van der Waals surface area contributed by atoms with E-state index in [1.807, 2.05) is 17.0 Å². The number of aromatic nitrogens is 1. The van der Waals surface area contributed by atoms with Crippen LogP contribution in [0.2, 0.25) is 5.02 Å². The zero-order chi connectivity index (χ0) is 19.8. The van der Waals surface area contributed by atoms with Crippen molar-refractivity contribution in [2.45, 2.75) is 33.4 Å². The monoisotopic (exact) mass is 392 g/mol. The summed E-state index contributed by atoms with van der Waals surface area (Å²) in [4.78, 5) is 8.51. The van der Waals surface area contributed by atoms with Crippen molar-refractivity contribution in [2.75, 3.05) is 30.1 Å². The molecule has 3 rings (SSSR count). The van der Waals surface area contributed by atoms with Gasteiger partial charge in [0.2, 0.25) is 0 Å². The summed E-state index contributed by atoms with van der Waals surface area (Å²) in [6.45, 7) is 8.33. The molecule has 1 N–H and O–H groups in total. The second kappa shape index (κ2) is 7.62. The summed E-state index contributed by atoms with van der Waals surface area (Å²) in [5.41, 5.74) is 1.68. The molecule has 2 heterocycles. The van der Waals surface area contributed by atoms with Crippen molar-refractivity contribution >= 4 is 28.8 Å². The highest BCUT2D eigenvalue weighted by molar-refractivity contribution is 6.31. The molecule has 1 aromatic carbocycles. The van der Waals surface area contributed by atoms with E-state index in [4.69, 9.17) is 11.6 Å². The SMILES string of the molecule is CN(CCC1N(O)c2ncccc2N1c1ccc(F)c(Cl)c1)CC(C)(C)C. The molecule has 0 radical (unpaired) electrons. The van der Waals surface area contributed by atoms with E-state index in [-0.39, 0.29) is 16.6 Å². The zero-order valence-corrected chi connectivity index (χ0v) is 16.9. The number of rotatable bonds is 5. The maximum atomic E-state index is 13.6. The minimum atomic E-state index is -0.465. The van der Waals surface area contributed by atoms with Crippen LogP contribution >= 0.6 is 11.6 Å². The second-order valence-corrected chi connectivity index (χ2v) is 8.63. The van der Waals surface area contributed by atoms with Crippen molar-refractivity contribution in [3.05, 3.63) is 47.4 Å². The van der Waals surface area contributed by atoms with E-state index >= 15 is 0 Å². The van der Waals surface area contributed by atoms with Crippen molar-refractivity contribution in [2.24, 2.45) is 5.41 Å². The van der Waals surface area contributed by atoms with Crippen LogP contribution in [0.5, 0.6) is 0 Å². The van der Waals surface area contributed by atoms with Gasteiger partial charge in [0, 0.05) is 31.4 Å². The quantitative estimate of drug-likeness (QED) is 0.782. The Balaban J connectivity index is 1.88. The topological polar surface area (TPSA) is 42.8 Å². The Morgan fingerprint density at radius 1 is 1.30 bits per heavy atom. The molecule has 0 saturated carbocycles. The van der Waals surface area contributed by atoms with E-state index in [1.54, 1.807) is 18.3 Å². The molecule has 1 aliphatic rings. The lowest BCUT2D eigenvalue weighted by molar-refractivity contribution is 0.188. The number of halogens is 2. The predicted octanol–water partition coefficient (Wildman–Crippen LogP) is 4.92. The maximum Gasteiger partial charge on any atom is 0.178 e. The van der Waals surface area contributed by atoms with E-state index in [0.717, 1.165) is 24.5 Å². The number of anilines is 3. The maximum absolute atomic E-state index is 13.6. The van der Waals surface area contributed by atoms with Gasteiger partial charge in [0.25, 0.3) is 0 Å². The molecule has 0 aliphatic carbocycles. The molecule has 0 bridgehead atoms. The first kappa shape index (κ1) is 19.9. The van der Waals surface area contributed by atoms with Gasteiger partial charge >= 0.3 is 0 Å². The van der Waals surface area contributed by atoms with Crippen LogP contribution < -0.4 is 9.96 Å². The highest BCUT2D eigenvalue weighted by Gasteiger charge is 2.37. The van der Waals surface area contributed by atoms with Crippen molar-refractivity contribution in [3.8, 4) is 0 Å². The Bertz CT molecular complexity index is 811. The van der Waals surface area contributed by atoms with Gasteiger partial charge < -0.3 is 9.80 Å². The first-order valence-electron chi connectivity index (χ1n) is 9.03. The lowest BCUT2D eigenvalue weighted by atomic mass is 9.96. The average molecular weight is 393 g/mol. The number of benzene rings is 1. The Morgan fingerprint density at radius 3 is 2.70 bits per heavy atom. The first-order valence-corrected chi connectivity index (χ1v) is 9.41. The van der Waals surface area contributed by atoms with Gasteiger partial charge in [-0.15, -0.1) is 0 Å². The minimum Gasteiger partial charge on any atom is -0.315 e. The third-order valence-corrected chi connectivity index (χ3v) is 4.81. The van der Waals surface area contributed by atoms with Crippen LogP contribution in [0.3, 0.4) is 0 Å². The molecule has 1 unspecified atom stereocenters. The van der Waals surface area contributed by atoms with Crippen molar-refractivity contribution in [1.29, 1.82) is 0 Å². The van der Waals surface area contributed by atoms with Gasteiger partial charge in [-0.05, 0) is 42.8 Å². The van der Waals surface area contributed by atoms with Gasteiger partial charge in [0.05, 0.1) is 10.7 Å². The third-order valence-electron chi connectivity index (χ3n) is 4.52. The molecular formula is C20H26ClFN4O. The summed E-state index contributed by atoms with van der Waals surface area (Å²) in [5.74, 6) is 0.0229. The molecule has 146 valence electrons. The Labute approximate surface area is 164 Å². The lowest BCUT2D eigenvalue weighted by Gasteiger charge is -2.32. The van der Waals surface area contributed by atoms with Gasteiger partial charge in [-0.1, -0.05) is 32.4 Å². The Hall–Kier alpha value is -1.89. The molecule has 5 nitrogen and oxygen atoms in total. The van der Waals surface area contributed by atoms with Gasteiger partial charge in [0.15, 0.2) is 5.82 Å². The first-order chi connectivity index (χ1) is 12.7. The largest absolute Gasteiger partial charge is 0.315 e. The van der Waals surface area contributed by atoms with Crippen LogP contribution in [-0.2, 0) is 0 Å². The number of nitrogens with zero attached hydrogens (tertiary/aromatic N) is 4. The van der Waals surface area contributed by atoms with Crippen LogP contribution in [0.4, 0.5) is 21.6 Å². The summed E-state index contributed by atoms with van der Waals surface area (Å²) >= 11 is 6.00. The molecule has 0 fully saturated rings. The fourth-order valence-electron chi connectivity index (χ4n) is 3.59. The fourth-order valence-corrected chi connectivity index (χ4v) is 3.76. The molecule has 1 atom stereocenters. The third kappa shape index (κ3) is 4.34. The highest BCUT2D eigenvalue weighted by Crippen LogP contribution is 2.43. The van der Waals surface area contributed by atoms with Crippen LogP contribution in [0.1, 0.15) is 27.2 Å². The molecule has 0 amide bonds. The molecule has 1 aliphatic heterocycles. The van der Waals surface area contributed by atoms with E-state index < -0.39 is 5.82 Å². The fraction of sp³-hybridized carbons (Fsp3) is 0.450. The molecule has 1 aromatic heterocycles. The van der Waals surface area contributed by atoms with Crippen molar-refractivity contribution in [1.82, 2.24) is 9.88 Å². The van der Waals surface area contributed by atoms with Gasteiger partial charge in [-0.25, -0.2) is 14.4 Å². The van der Waals surface area contributed by atoms with Crippen LogP contribution in [-0.4, -0.2) is 41.4 Å². The number of fused-ring (bicyclic) bond motifs is 1. The summed E-state index contributed by atoms with van der Waals surface area (Å²) < 4.78 is 13.6. The van der Waals surface area contributed by atoms with E-state index in [1.165, 1.54) is 11.1 Å². The number of hydroxylamine groups is 1. The van der Waals surface area contributed by atoms with Gasteiger partial charge in [-0.3, -0.25) is 5.21 Å². The van der Waals surface area contributed by atoms with Gasteiger partial charge in [0.1, 0.15) is 12.0 Å². The number of pyridine rings is 1. The van der Waals surface area contributed by atoms with E-state index in [2.05, 4.69) is 37.7 Å². The molecule has 7 heteroatoms. The Morgan fingerprint density at radius 2 is 2.04 bits per heavy atom. The average Bonchev–Trinajstić information content (AvgIpc) is 2.87. The number of hydrogen-bond acceptors (Lipinski definition) is 5. The molecular weight excluding hydrogens is 367 g/mol. The lowest BCUT2D eigenvalue weighted by Crippen LogP contribution is -2.42. The second-order valence-electron chi connectivity index (χ2n) is 8.23. The summed E-state index contributed by atoms with van der Waals surface area (Å²) in [6, 6.07) is 8.30. The zero-order valence-electron chi connectivity index (χ0n) is 16.2. The molecule has 2 aromatic rings. The van der Waals surface area contributed by atoms with Crippen molar-refractivity contribution < 1.29 is 9.60 Å². The Kier molecular flexibility index (Phi) is 5.60. The normalized spacial score (nSPS) is 17.0. The minimum absolute atomic E-state index is 0.0536.